The van der Waals surface area contributed by atoms with E-state index >= 15 is 0 Å². The molecule has 2 aromatic rings. The van der Waals surface area contributed by atoms with Gasteiger partial charge in [0, 0.05) is 30.8 Å². The molecule has 0 aromatic heterocycles. The Hall–Kier alpha value is -3.42. The van der Waals surface area contributed by atoms with E-state index in [1.807, 2.05) is 24.0 Å². The number of hydrogen-bond acceptors (Lipinski definition) is 5. The standard InChI is InChI=1S/C21H24N4O4/c1-2-15-6-8-16(9-7-15)20(26)22-23-21(27)18-14-17(25(28)29)10-11-19(18)24-12-4-3-5-13-24/h6-11,14H,2-5,12-13H2,1H3,(H,22,26)(H,23,27). The second kappa shape index (κ2) is 9.18. The van der Waals surface area contributed by atoms with E-state index in [0.717, 1.165) is 44.3 Å². The van der Waals surface area contributed by atoms with E-state index in [1.54, 1.807) is 18.2 Å². The van der Waals surface area contributed by atoms with Gasteiger partial charge in [0.25, 0.3) is 17.5 Å². The van der Waals surface area contributed by atoms with Crippen molar-refractivity contribution in [2.45, 2.75) is 32.6 Å². The molecule has 0 atom stereocenters. The summed E-state index contributed by atoms with van der Waals surface area (Å²) in [5.74, 6) is -1.04. The van der Waals surface area contributed by atoms with Crippen LogP contribution in [0, 0.1) is 10.1 Å². The average molecular weight is 396 g/mol. The first-order valence-corrected chi connectivity index (χ1v) is 9.72. The summed E-state index contributed by atoms with van der Waals surface area (Å²) >= 11 is 0. The van der Waals surface area contributed by atoms with Crippen molar-refractivity contribution < 1.29 is 14.5 Å². The van der Waals surface area contributed by atoms with Gasteiger partial charge in [-0.25, -0.2) is 0 Å². The molecule has 0 aliphatic carbocycles. The number of hydrazine groups is 1. The predicted molar refractivity (Wildman–Crippen MR) is 110 cm³/mol. The van der Waals surface area contributed by atoms with E-state index in [0.29, 0.717) is 11.3 Å². The summed E-state index contributed by atoms with van der Waals surface area (Å²) in [6.07, 6.45) is 3.99. The summed E-state index contributed by atoms with van der Waals surface area (Å²) < 4.78 is 0. The van der Waals surface area contributed by atoms with E-state index in [9.17, 15) is 19.7 Å². The van der Waals surface area contributed by atoms with E-state index in [1.165, 1.54) is 12.1 Å². The summed E-state index contributed by atoms with van der Waals surface area (Å²) in [5, 5.41) is 11.2. The third-order valence-electron chi connectivity index (χ3n) is 5.05. The lowest BCUT2D eigenvalue weighted by atomic mass is 10.1. The number of nitrogens with one attached hydrogen (secondary N) is 2. The number of nitro benzene ring substituents is 1. The summed E-state index contributed by atoms with van der Waals surface area (Å²) in [6.45, 7) is 3.59. The fourth-order valence-corrected chi connectivity index (χ4v) is 3.37. The molecule has 8 heteroatoms. The maximum absolute atomic E-state index is 12.7. The Bertz CT molecular complexity index is 905. The van der Waals surface area contributed by atoms with Crippen LogP contribution in [0.25, 0.3) is 0 Å². The number of non-ortho nitro benzene ring substituents is 1. The van der Waals surface area contributed by atoms with Crippen LogP contribution in [0.3, 0.4) is 0 Å². The van der Waals surface area contributed by atoms with Crippen LogP contribution in [0.4, 0.5) is 11.4 Å². The van der Waals surface area contributed by atoms with E-state index in [-0.39, 0.29) is 11.3 Å². The van der Waals surface area contributed by atoms with Crippen LogP contribution in [0.1, 0.15) is 52.5 Å². The Morgan fingerprint density at radius 3 is 2.28 bits per heavy atom. The zero-order valence-corrected chi connectivity index (χ0v) is 16.3. The molecular weight excluding hydrogens is 372 g/mol. The van der Waals surface area contributed by atoms with Gasteiger partial charge < -0.3 is 4.90 Å². The molecule has 0 unspecified atom stereocenters. The van der Waals surface area contributed by atoms with Gasteiger partial charge in [-0.05, 0) is 49.4 Å². The lowest BCUT2D eigenvalue weighted by Gasteiger charge is -2.30. The van der Waals surface area contributed by atoms with Crippen LogP contribution in [-0.2, 0) is 6.42 Å². The average Bonchev–Trinajstić information content (AvgIpc) is 2.77. The summed E-state index contributed by atoms with van der Waals surface area (Å²) in [7, 11) is 0. The SMILES string of the molecule is CCc1ccc(C(=O)NNC(=O)c2cc([N+](=O)[O-])ccc2N2CCCCC2)cc1. The van der Waals surface area contributed by atoms with Crippen molar-refractivity contribution in [3.8, 4) is 0 Å². The number of nitro groups is 1. The summed E-state index contributed by atoms with van der Waals surface area (Å²) in [5.41, 5.74) is 6.92. The van der Waals surface area contributed by atoms with Crippen LogP contribution in [-0.4, -0.2) is 29.8 Å². The van der Waals surface area contributed by atoms with Crippen LogP contribution in [0.2, 0.25) is 0 Å². The largest absolute Gasteiger partial charge is 0.371 e. The number of amides is 2. The van der Waals surface area contributed by atoms with Gasteiger partial charge >= 0.3 is 0 Å². The molecular formula is C21H24N4O4. The Balaban J connectivity index is 1.76. The van der Waals surface area contributed by atoms with Crippen LogP contribution in [0.5, 0.6) is 0 Å². The minimum Gasteiger partial charge on any atom is -0.371 e. The summed E-state index contributed by atoms with van der Waals surface area (Å²) in [4.78, 5) is 37.7. The molecule has 29 heavy (non-hydrogen) atoms. The minimum absolute atomic E-state index is 0.169. The van der Waals surface area contributed by atoms with Crippen LogP contribution < -0.4 is 15.8 Å². The highest BCUT2D eigenvalue weighted by atomic mass is 16.6. The molecule has 0 radical (unpaired) electrons. The third kappa shape index (κ3) is 4.90. The topological polar surface area (TPSA) is 105 Å². The Morgan fingerprint density at radius 2 is 1.66 bits per heavy atom. The fourth-order valence-electron chi connectivity index (χ4n) is 3.37. The lowest BCUT2D eigenvalue weighted by molar-refractivity contribution is -0.384. The van der Waals surface area contributed by atoms with Gasteiger partial charge in [-0.3, -0.25) is 30.6 Å². The van der Waals surface area contributed by atoms with Crippen molar-refractivity contribution in [3.05, 3.63) is 69.3 Å². The molecule has 1 saturated heterocycles. The highest BCUT2D eigenvalue weighted by Crippen LogP contribution is 2.28. The number of nitrogens with zero attached hydrogens (tertiary/aromatic N) is 2. The Morgan fingerprint density at radius 1 is 1.00 bits per heavy atom. The lowest BCUT2D eigenvalue weighted by Crippen LogP contribution is -2.42. The maximum Gasteiger partial charge on any atom is 0.272 e. The number of benzene rings is 2. The van der Waals surface area contributed by atoms with Gasteiger partial charge in [-0.15, -0.1) is 0 Å². The predicted octanol–water partition coefficient (Wildman–Crippen LogP) is 3.22. The van der Waals surface area contributed by atoms with Crippen molar-refractivity contribution in [3.63, 3.8) is 0 Å². The molecule has 2 aromatic carbocycles. The Labute approximate surface area is 169 Å². The van der Waals surface area contributed by atoms with Gasteiger partial charge in [0.2, 0.25) is 0 Å². The van der Waals surface area contributed by atoms with Crippen molar-refractivity contribution in [1.29, 1.82) is 0 Å². The first-order chi connectivity index (χ1) is 14.0. The summed E-state index contributed by atoms with van der Waals surface area (Å²) in [6, 6.07) is 11.3. The molecule has 0 bridgehead atoms. The first-order valence-electron chi connectivity index (χ1n) is 9.72. The van der Waals surface area contributed by atoms with Gasteiger partial charge in [0.15, 0.2) is 0 Å². The van der Waals surface area contributed by atoms with Gasteiger partial charge in [-0.1, -0.05) is 19.1 Å². The van der Waals surface area contributed by atoms with Gasteiger partial charge in [-0.2, -0.15) is 0 Å². The molecule has 152 valence electrons. The molecule has 1 heterocycles. The molecule has 1 aliphatic rings. The van der Waals surface area contributed by atoms with E-state index in [4.69, 9.17) is 0 Å². The van der Waals surface area contributed by atoms with Crippen molar-refractivity contribution in [2.24, 2.45) is 0 Å². The van der Waals surface area contributed by atoms with Gasteiger partial charge in [0.05, 0.1) is 16.2 Å². The van der Waals surface area contributed by atoms with E-state index in [2.05, 4.69) is 10.9 Å². The monoisotopic (exact) mass is 396 g/mol. The number of carbonyl (C=O) groups excluding carboxylic acids is 2. The number of hydrogen-bond donors (Lipinski definition) is 2. The molecule has 2 amide bonds. The van der Waals surface area contributed by atoms with Crippen LogP contribution in [0.15, 0.2) is 42.5 Å². The van der Waals surface area contributed by atoms with Gasteiger partial charge in [0.1, 0.15) is 0 Å². The van der Waals surface area contributed by atoms with Crippen LogP contribution >= 0.6 is 0 Å². The Kier molecular flexibility index (Phi) is 6.43. The number of anilines is 1. The highest BCUT2D eigenvalue weighted by molar-refractivity contribution is 6.02. The third-order valence-corrected chi connectivity index (χ3v) is 5.05. The number of carbonyl (C=O) groups is 2. The zero-order valence-electron chi connectivity index (χ0n) is 16.3. The fraction of sp³-hybridized carbons (Fsp3) is 0.333. The second-order valence-corrected chi connectivity index (χ2v) is 6.96. The normalized spacial score (nSPS) is 13.6. The zero-order chi connectivity index (χ0) is 20.8. The smallest absolute Gasteiger partial charge is 0.272 e. The number of rotatable bonds is 5. The molecule has 0 saturated carbocycles. The van der Waals surface area contributed by atoms with Crippen molar-refractivity contribution in [2.75, 3.05) is 18.0 Å². The molecule has 1 fully saturated rings. The number of piperidine rings is 1. The molecule has 2 N–H and O–H groups in total. The van der Waals surface area contributed by atoms with Crippen molar-refractivity contribution in [1.82, 2.24) is 10.9 Å². The van der Waals surface area contributed by atoms with E-state index < -0.39 is 16.7 Å². The minimum atomic E-state index is -0.590. The van der Waals surface area contributed by atoms with Crippen molar-refractivity contribution >= 4 is 23.2 Å². The molecule has 8 nitrogen and oxygen atoms in total. The molecule has 3 rings (SSSR count). The second-order valence-electron chi connectivity index (χ2n) is 6.96. The molecule has 0 spiro atoms. The number of aryl methyl sites for hydroxylation is 1. The highest BCUT2D eigenvalue weighted by Gasteiger charge is 2.22. The molecule has 1 aliphatic heterocycles. The quantitative estimate of drug-likeness (QED) is 0.596. The first kappa shape index (κ1) is 20.3. The maximum atomic E-state index is 12.7.